The maximum Gasteiger partial charge on any atom is 0.171 e. The molecule has 4 heteroatoms. The van der Waals surface area contributed by atoms with E-state index in [9.17, 15) is 4.79 Å². The highest BCUT2D eigenvalue weighted by Gasteiger charge is 2.22. The van der Waals surface area contributed by atoms with Gasteiger partial charge in [-0.05, 0) is 25.5 Å². The third kappa shape index (κ3) is 2.34. The summed E-state index contributed by atoms with van der Waals surface area (Å²) in [4.78, 5) is 11.0. The fourth-order valence-electron chi connectivity index (χ4n) is 2.50. The Hall–Kier alpha value is -1.55. The summed E-state index contributed by atoms with van der Waals surface area (Å²) in [6.07, 6.45) is 4.29. The Labute approximate surface area is 107 Å². The van der Waals surface area contributed by atoms with Gasteiger partial charge in [0, 0.05) is 11.6 Å². The number of carbonyl (C=O) groups excluding carboxylic acids is 1. The lowest BCUT2D eigenvalue weighted by Crippen LogP contribution is -2.27. The van der Waals surface area contributed by atoms with Crippen molar-refractivity contribution < 1.29 is 14.3 Å². The quantitative estimate of drug-likeness (QED) is 0.832. The van der Waals surface area contributed by atoms with Crippen LogP contribution < -0.4 is 14.8 Å². The first kappa shape index (κ1) is 12.9. The number of nitrogens with one attached hydrogen (secondary N) is 1. The zero-order valence-electron chi connectivity index (χ0n) is 10.9. The number of methoxy groups -OCH3 is 2. The molecule has 0 aromatic heterocycles. The normalized spacial score (nSPS) is 19.3. The summed E-state index contributed by atoms with van der Waals surface area (Å²) in [5.74, 6) is 1.19. The number of hydrogen-bond donors (Lipinski definition) is 1. The van der Waals surface area contributed by atoms with Gasteiger partial charge in [0.2, 0.25) is 0 Å². The SMILES string of the molecule is COc1c(C=O)ccc(C2CCCCN2)c1OC. The van der Waals surface area contributed by atoms with E-state index in [1.54, 1.807) is 20.3 Å². The fraction of sp³-hybridized carbons (Fsp3) is 0.500. The number of aldehydes is 1. The average Bonchev–Trinajstić information content (AvgIpc) is 2.46. The van der Waals surface area contributed by atoms with Crippen LogP contribution in [0, 0.1) is 0 Å². The number of carbonyl (C=O) groups is 1. The number of rotatable bonds is 4. The summed E-state index contributed by atoms with van der Waals surface area (Å²) in [5.41, 5.74) is 1.59. The van der Waals surface area contributed by atoms with E-state index in [0.29, 0.717) is 17.1 Å². The number of piperidine rings is 1. The van der Waals surface area contributed by atoms with Crippen LogP contribution in [-0.2, 0) is 0 Å². The maximum absolute atomic E-state index is 11.0. The predicted molar refractivity (Wildman–Crippen MR) is 69.5 cm³/mol. The van der Waals surface area contributed by atoms with E-state index in [0.717, 1.165) is 24.8 Å². The predicted octanol–water partition coefficient (Wildman–Crippen LogP) is 2.33. The summed E-state index contributed by atoms with van der Waals surface area (Å²) >= 11 is 0. The first-order chi connectivity index (χ1) is 8.81. The first-order valence-electron chi connectivity index (χ1n) is 6.25. The van der Waals surface area contributed by atoms with E-state index in [1.807, 2.05) is 6.07 Å². The van der Waals surface area contributed by atoms with Crippen molar-refractivity contribution in [1.29, 1.82) is 0 Å². The molecule has 1 atom stereocenters. The minimum Gasteiger partial charge on any atom is -0.492 e. The Bertz CT molecular complexity index is 425. The van der Waals surface area contributed by atoms with Gasteiger partial charge in [0.05, 0.1) is 19.8 Å². The molecule has 18 heavy (non-hydrogen) atoms. The Kier molecular flexibility index (Phi) is 4.20. The van der Waals surface area contributed by atoms with Crippen LogP contribution in [0.15, 0.2) is 12.1 Å². The van der Waals surface area contributed by atoms with Crippen LogP contribution in [0.2, 0.25) is 0 Å². The van der Waals surface area contributed by atoms with Crippen molar-refractivity contribution in [1.82, 2.24) is 5.32 Å². The van der Waals surface area contributed by atoms with E-state index in [2.05, 4.69) is 5.32 Å². The monoisotopic (exact) mass is 249 g/mol. The topological polar surface area (TPSA) is 47.6 Å². The fourth-order valence-corrected chi connectivity index (χ4v) is 2.50. The summed E-state index contributed by atoms with van der Waals surface area (Å²) in [5, 5.41) is 3.48. The van der Waals surface area contributed by atoms with Gasteiger partial charge in [-0.1, -0.05) is 12.5 Å². The smallest absolute Gasteiger partial charge is 0.171 e. The van der Waals surface area contributed by atoms with Crippen molar-refractivity contribution in [3.05, 3.63) is 23.3 Å². The van der Waals surface area contributed by atoms with Gasteiger partial charge in [-0.3, -0.25) is 4.79 Å². The van der Waals surface area contributed by atoms with Crippen LogP contribution in [-0.4, -0.2) is 27.1 Å². The van der Waals surface area contributed by atoms with E-state index < -0.39 is 0 Å². The van der Waals surface area contributed by atoms with Gasteiger partial charge in [-0.15, -0.1) is 0 Å². The molecule has 0 saturated carbocycles. The zero-order chi connectivity index (χ0) is 13.0. The molecule has 4 nitrogen and oxygen atoms in total. The molecular formula is C14H19NO3. The molecule has 1 N–H and O–H groups in total. The third-order valence-corrected chi connectivity index (χ3v) is 3.39. The van der Waals surface area contributed by atoms with E-state index in [4.69, 9.17) is 9.47 Å². The Morgan fingerprint density at radius 1 is 1.22 bits per heavy atom. The number of benzene rings is 1. The molecule has 1 aliphatic rings. The van der Waals surface area contributed by atoms with Gasteiger partial charge in [-0.25, -0.2) is 0 Å². The molecular weight excluding hydrogens is 230 g/mol. The lowest BCUT2D eigenvalue weighted by Gasteiger charge is -2.26. The molecule has 1 aromatic rings. The molecule has 0 radical (unpaired) electrons. The van der Waals surface area contributed by atoms with Gasteiger partial charge < -0.3 is 14.8 Å². The van der Waals surface area contributed by atoms with Crippen LogP contribution in [0.5, 0.6) is 11.5 Å². The maximum atomic E-state index is 11.0. The lowest BCUT2D eigenvalue weighted by molar-refractivity contribution is 0.112. The summed E-state index contributed by atoms with van der Waals surface area (Å²) < 4.78 is 10.7. The largest absolute Gasteiger partial charge is 0.492 e. The lowest BCUT2D eigenvalue weighted by atomic mass is 9.95. The van der Waals surface area contributed by atoms with Crippen molar-refractivity contribution in [2.45, 2.75) is 25.3 Å². The third-order valence-electron chi connectivity index (χ3n) is 3.39. The second-order valence-electron chi connectivity index (χ2n) is 4.43. The first-order valence-corrected chi connectivity index (χ1v) is 6.25. The summed E-state index contributed by atoms with van der Waals surface area (Å²) in [6, 6.07) is 4.02. The van der Waals surface area contributed by atoms with Gasteiger partial charge in [0.1, 0.15) is 0 Å². The van der Waals surface area contributed by atoms with Crippen LogP contribution in [0.4, 0.5) is 0 Å². The standard InChI is InChI=1S/C14H19NO3/c1-17-13-10(9-16)6-7-11(14(13)18-2)12-5-3-4-8-15-12/h6-7,9,12,15H,3-5,8H2,1-2H3. The molecule has 0 spiro atoms. The minimum atomic E-state index is 0.281. The van der Waals surface area contributed by atoms with E-state index in [1.165, 1.54) is 12.8 Å². The van der Waals surface area contributed by atoms with E-state index >= 15 is 0 Å². The highest BCUT2D eigenvalue weighted by molar-refractivity contribution is 5.82. The molecule has 1 fully saturated rings. The Morgan fingerprint density at radius 3 is 2.56 bits per heavy atom. The molecule has 1 saturated heterocycles. The van der Waals surface area contributed by atoms with E-state index in [-0.39, 0.29) is 6.04 Å². The molecule has 0 aliphatic carbocycles. The molecule has 0 bridgehead atoms. The van der Waals surface area contributed by atoms with Crippen LogP contribution in [0.1, 0.15) is 41.2 Å². The van der Waals surface area contributed by atoms with Gasteiger partial charge in [-0.2, -0.15) is 0 Å². The molecule has 1 unspecified atom stereocenters. The summed E-state index contributed by atoms with van der Waals surface area (Å²) in [6.45, 7) is 1.02. The molecule has 1 aromatic carbocycles. The van der Waals surface area contributed by atoms with Crippen LogP contribution in [0.3, 0.4) is 0 Å². The summed E-state index contributed by atoms with van der Waals surface area (Å²) in [7, 11) is 3.17. The Balaban J connectivity index is 2.43. The molecule has 0 amide bonds. The highest BCUT2D eigenvalue weighted by atomic mass is 16.5. The van der Waals surface area contributed by atoms with Gasteiger partial charge in [0.15, 0.2) is 17.8 Å². The van der Waals surface area contributed by atoms with Crippen molar-refractivity contribution in [2.75, 3.05) is 20.8 Å². The van der Waals surface area contributed by atoms with Crippen molar-refractivity contribution in [3.8, 4) is 11.5 Å². The van der Waals surface area contributed by atoms with Gasteiger partial charge >= 0.3 is 0 Å². The molecule has 1 aliphatic heterocycles. The van der Waals surface area contributed by atoms with Crippen molar-refractivity contribution >= 4 is 6.29 Å². The molecule has 98 valence electrons. The van der Waals surface area contributed by atoms with Crippen LogP contribution >= 0.6 is 0 Å². The second-order valence-corrected chi connectivity index (χ2v) is 4.43. The van der Waals surface area contributed by atoms with Gasteiger partial charge in [0.25, 0.3) is 0 Å². The minimum absolute atomic E-state index is 0.281. The highest BCUT2D eigenvalue weighted by Crippen LogP contribution is 2.39. The number of hydrogen-bond acceptors (Lipinski definition) is 4. The molecule has 1 heterocycles. The van der Waals surface area contributed by atoms with Crippen molar-refractivity contribution in [3.63, 3.8) is 0 Å². The second kappa shape index (κ2) is 5.87. The average molecular weight is 249 g/mol. The molecule has 2 rings (SSSR count). The zero-order valence-corrected chi connectivity index (χ0v) is 10.9. The van der Waals surface area contributed by atoms with Crippen LogP contribution in [0.25, 0.3) is 0 Å². The van der Waals surface area contributed by atoms with Crippen molar-refractivity contribution in [2.24, 2.45) is 0 Å². The Morgan fingerprint density at radius 2 is 2.00 bits per heavy atom. The number of ether oxygens (including phenoxy) is 2.